The molecule has 2 bridgehead atoms. The van der Waals surface area contributed by atoms with E-state index in [-0.39, 0.29) is 16.8 Å². The van der Waals surface area contributed by atoms with Gasteiger partial charge < -0.3 is 40.2 Å². The Morgan fingerprint density at radius 3 is 1.97 bits per heavy atom. The minimum Gasteiger partial charge on any atom is -0.453 e. The molecule has 17 nitrogen and oxygen atoms in total. The molecule has 4 saturated heterocycles. The Kier molecular flexibility index (Phi) is 18.1. The summed E-state index contributed by atoms with van der Waals surface area (Å²) in [6.07, 6.45) is -14.8. The molecule has 4 aliphatic heterocycles. The van der Waals surface area contributed by atoms with Crippen LogP contribution in [0.5, 0.6) is 0 Å². The number of rotatable bonds is 18. The third kappa shape index (κ3) is 13.8. The van der Waals surface area contributed by atoms with E-state index in [1.165, 1.54) is 12.1 Å². The molecule has 8 rings (SSSR count). The van der Waals surface area contributed by atoms with Gasteiger partial charge in [-0.2, -0.15) is 26.3 Å². The normalized spacial score (nSPS) is 18.4. The number of methoxy groups -OCH3 is 1. The number of hydrogen-bond acceptors (Lipinski definition) is 13. The van der Waals surface area contributed by atoms with E-state index >= 15 is 8.78 Å². The summed E-state index contributed by atoms with van der Waals surface area (Å²) in [6.45, 7) is 3.25. The summed E-state index contributed by atoms with van der Waals surface area (Å²) < 4.78 is 148. The molecule has 6 heterocycles. The molecular formula is C53H58F9N9O8. The minimum absolute atomic E-state index is 0.208. The highest BCUT2D eigenvalue weighted by atomic mass is 19.4. The van der Waals surface area contributed by atoms with Gasteiger partial charge in [0.15, 0.2) is 6.10 Å². The second kappa shape index (κ2) is 24.0. The lowest BCUT2D eigenvalue weighted by Crippen LogP contribution is -2.74. The summed E-state index contributed by atoms with van der Waals surface area (Å²) in [6, 6.07) is 10.2. The molecule has 6 atom stereocenters. The third-order valence-corrected chi connectivity index (χ3v) is 14.3. The molecule has 2 aromatic carbocycles. The van der Waals surface area contributed by atoms with Crippen LogP contribution in [0, 0.1) is 40.1 Å². The van der Waals surface area contributed by atoms with Crippen molar-refractivity contribution in [3.05, 3.63) is 113 Å². The first-order valence-electron chi connectivity index (χ1n) is 24.8. The highest BCUT2D eigenvalue weighted by molar-refractivity contribution is 5.86. The smallest absolute Gasteiger partial charge is 0.407 e. The van der Waals surface area contributed by atoms with Gasteiger partial charge in [0.05, 0.1) is 49.6 Å². The highest BCUT2D eigenvalue weighted by Gasteiger charge is 2.58. The van der Waals surface area contributed by atoms with Gasteiger partial charge in [0, 0.05) is 86.0 Å². The zero-order chi connectivity index (χ0) is 57.8. The summed E-state index contributed by atoms with van der Waals surface area (Å²) in [5, 5.41) is 18.6. The van der Waals surface area contributed by atoms with Gasteiger partial charge in [-0.1, -0.05) is 24.0 Å². The zero-order valence-corrected chi connectivity index (χ0v) is 43.6. The number of piperazine rings is 1. The first kappa shape index (κ1) is 59.5. The number of piperidine rings is 1. The number of hydrogen-bond donors (Lipinski definition) is 5. The number of alkyl carbamates (subject to hydrolysis) is 2. The quantitative estimate of drug-likeness (QED) is 0.0431. The van der Waals surface area contributed by atoms with Crippen molar-refractivity contribution in [2.75, 3.05) is 51.9 Å². The maximum Gasteiger partial charge on any atom is 0.407 e. The number of anilines is 1. The number of nitrogens with one attached hydrogen (secondary N) is 4. The molecule has 4 amide bonds. The van der Waals surface area contributed by atoms with Crippen LogP contribution >= 0.6 is 0 Å². The average molecular weight is 1120 g/mol. The Labute approximate surface area is 448 Å². The number of benzene rings is 2. The van der Waals surface area contributed by atoms with Crippen molar-refractivity contribution in [2.45, 2.75) is 102 Å². The van der Waals surface area contributed by atoms with Crippen molar-refractivity contribution in [1.82, 2.24) is 41.3 Å². The van der Waals surface area contributed by atoms with Gasteiger partial charge in [-0.05, 0) is 88.6 Å². The number of carbonyl (C=O) groups excluding carboxylic acids is 4. The molecule has 0 unspecified atom stereocenters. The van der Waals surface area contributed by atoms with Crippen LogP contribution in [-0.2, 0) is 36.8 Å². The lowest BCUT2D eigenvalue weighted by atomic mass is 9.83. The lowest BCUT2D eigenvalue weighted by molar-refractivity contribution is -0.239. The fraction of sp³-hybridized carbons (Fsp3) is 0.472. The molecule has 4 fully saturated rings. The van der Waals surface area contributed by atoms with E-state index < -0.39 is 114 Å². The number of carbonyl (C=O) groups is 4. The zero-order valence-electron chi connectivity index (χ0n) is 43.6. The number of halogens is 9. The van der Waals surface area contributed by atoms with Crippen molar-refractivity contribution >= 4 is 29.8 Å². The maximum absolute atomic E-state index is 16.0. The van der Waals surface area contributed by atoms with Crippen molar-refractivity contribution in [3.63, 3.8) is 0 Å². The predicted octanol–water partition coefficient (Wildman–Crippen LogP) is 6.17. The standard InChI is InChI=1S/C53H58F9N9O8/c1-50(2,52(57,58)59)44(67-49(76)77-6)46(73)68-70(25-37-38(55)18-32(19-39(37)56)40-20-33(54)15-16-64-40)26-42(72)41(66-47(74)45(79-48(75)63-5)51(3,4)53(60,61)62)17-30-10-7-29(8-11-30)9-12-31-13-14-43(65-22-31)69-23-34-21-35(24-69)71(34)36-27-78-28-36/h7-8,10-11,13-16,18-20,22,34-36,41-42,44-45,72H,17,21,23-28H2,1-6H3,(H,63,75)(H,66,74)(H,67,76)(H,68,73)/t34-,35-,41-,42-,44+,45+/m0/s1. The van der Waals surface area contributed by atoms with E-state index in [4.69, 9.17) is 9.47 Å². The summed E-state index contributed by atoms with van der Waals surface area (Å²) >= 11 is 0. The second-order valence-corrected chi connectivity index (χ2v) is 20.5. The van der Waals surface area contributed by atoms with E-state index in [1.807, 2.05) is 17.4 Å². The van der Waals surface area contributed by atoms with Gasteiger partial charge in [0.2, 0.25) is 0 Å². The van der Waals surface area contributed by atoms with E-state index in [2.05, 4.69) is 47.1 Å². The third-order valence-electron chi connectivity index (χ3n) is 14.3. The molecular weight excluding hydrogens is 1060 g/mol. The SMILES string of the molecule is CNC(=O)O[C@H](C(=O)N[C@@H](Cc1ccc(C#Cc2ccc(N3C[C@@H]4C[C@@H](C3)N4C3COC3)nc2)cc1)[C@@H](O)CN(Cc1c(F)cc(-c2cc(F)ccn2)cc1F)NC(=O)[C@@H](NC(=O)OC)C(C)(C)C(F)(F)F)C(C)(C)C(F)(F)F. The molecule has 0 aliphatic carbocycles. The molecule has 0 saturated carbocycles. The Balaban J connectivity index is 1.18. The number of ether oxygens (including phenoxy) is 3. The highest BCUT2D eigenvalue weighted by Crippen LogP contribution is 2.43. The maximum atomic E-state index is 16.0. The van der Waals surface area contributed by atoms with Crippen LogP contribution in [-0.4, -0.2) is 151 Å². The molecule has 26 heteroatoms. The Hall–Kier alpha value is -7.21. The topological polar surface area (TPSA) is 200 Å². The van der Waals surface area contributed by atoms with E-state index in [0.717, 1.165) is 83.2 Å². The van der Waals surface area contributed by atoms with Crippen LogP contribution in [0.25, 0.3) is 11.3 Å². The van der Waals surface area contributed by atoms with Crippen LogP contribution in [0.3, 0.4) is 0 Å². The second-order valence-electron chi connectivity index (χ2n) is 20.5. The number of aromatic nitrogens is 2. The van der Waals surface area contributed by atoms with Crippen LogP contribution < -0.4 is 26.3 Å². The lowest BCUT2D eigenvalue weighted by Gasteiger charge is -2.60. The minimum atomic E-state index is -5.21. The van der Waals surface area contributed by atoms with Gasteiger partial charge in [0.25, 0.3) is 11.8 Å². The fourth-order valence-electron chi connectivity index (χ4n) is 9.26. The summed E-state index contributed by atoms with van der Waals surface area (Å²) in [7, 11) is 1.82. The number of fused-ring (bicyclic) bond motifs is 2. The molecule has 4 aromatic rings. The summed E-state index contributed by atoms with van der Waals surface area (Å²) in [5.74, 6) is 0.0741. The first-order valence-corrected chi connectivity index (χ1v) is 24.8. The molecule has 2 aromatic heterocycles. The van der Waals surface area contributed by atoms with Crippen molar-refractivity contribution in [3.8, 4) is 23.1 Å². The molecule has 4 aliphatic rings. The van der Waals surface area contributed by atoms with E-state index in [0.29, 0.717) is 62.0 Å². The monoisotopic (exact) mass is 1120 g/mol. The number of aliphatic hydroxyl groups is 1. The van der Waals surface area contributed by atoms with Crippen LogP contribution in [0.2, 0.25) is 0 Å². The number of aliphatic hydroxyl groups excluding tert-OH is 1. The van der Waals surface area contributed by atoms with Crippen LogP contribution in [0.4, 0.5) is 54.9 Å². The number of nitrogens with zero attached hydrogens (tertiary/aromatic N) is 5. The largest absolute Gasteiger partial charge is 0.453 e. The number of alkyl halides is 6. The Morgan fingerprint density at radius 1 is 0.810 bits per heavy atom. The van der Waals surface area contributed by atoms with Crippen LogP contribution in [0.1, 0.15) is 56.4 Å². The molecule has 0 radical (unpaired) electrons. The average Bonchev–Trinajstić information content (AvgIpc) is 3.57. The number of pyridine rings is 2. The van der Waals surface area contributed by atoms with E-state index in [1.54, 1.807) is 23.6 Å². The first-order chi connectivity index (χ1) is 37.1. The molecule has 426 valence electrons. The predicted molar refractivity (Wildman–Crippen MR) is 266 cm³/mol. The number of hydrazine groups is 1. The summed E-state index contributed by atoms with van der Waals surface area (Å²) in [5.41, 5.74) is -4.15. The Bertz CT molecular complexity index is 2880. The van der Waals surface area contributed by atoms with Crippen molar-refractivity contribution in [1.29, 1.82) is 0 Å². The molecule has 0 spiro atoms. The van der Waals surface area contributed by atoms with Crippen LogP contribution in [0.15, 0.2) is 73.1 Å². The van der Waals surface area contributed by atoms with Gasteiger partial charge in [-0.25, -0.2) is 32.8 Å². The Morgan fingerprint density at radius 2 is 1.43 bits per heavy atom. The fourth-order valence-corrected chi connectivity index (χ4v) is 9.26. The van der Waals surface area contributed by atoms with Crippen molar-refractivity contribution in [2.24, 2.45) is 10.8 Å². The van der Waals surface area contributed by atoms with Gasteiger partial charge >= 0.3 is 24.5 Å². The van der Waals surface area contributed by atoms with Gasteiger partial charge in [-0.15, -0.1) is 0 Å². The van der Waals surface area contributed by atoms with Crippen molar-refractivity contribution < 1.29 is 78.0 Å². The van der Waals surface area contributed by atoms with E-state index in [9.17, 15) is 55.0 Å². The summed E-state index contributed by atoms with van der Waals surface area (Å²) in [4.78, 5) is 66.1. The van der Waals surface area contributed by atoms with Gasteiger partial charge in [0.1, 0.15) is 34.7 Å². The number of amides is 4. The van der Waals surface area contributed by atoms with Gasteiger partial charge in [-0.3, -0.25) is 24.9 Å². The molecule has 79 heavy (non-hydrogen) atoms. The molecule has 5 N–H and O–H groups in total.